The number of non-ortho nitro benzene ring substituents is 1. The van der Waals surface area contributed by atoms with Crippen LogP contribution in [-0.4, -0.2) is 37.8 Å². The summed E-state index contributed by atoms with van der Waals surface area (Å²) in [6, 6.07) is 4.74. The second kappa shape index (κ2) is 5.66. The lowest BCUT2D eigenvalue weighted by atomic mass is 9.93. The highest BCUT2D eigenvalue weighted by molar-refractivity contribution is 5.62. The average Bonchev–Trinajstić information content (AvgIpc) is 2.47. The molecule has 0 bridgehead atoms. The molecule has 1 heterocycles. The number of methoxy groups -OCH3 is 2. The van der Waals surface area contributed by atoms with Gasteiger partial charge < -0.3 is 14.4 Å². The van der Waals surface area contributed by atoms with Crippen LogP contribution in [0.3, 0.4) is 0 Å². The smallest absolute Gasteiger partial charge is 0.273 e. The van der Waals surface area contributed by atoms with Crippen molar-refractivity contribution in [2.24, 2.45) is 0 Å². The van der Waals surface area contributed by atoms with Crippen molar-refractivity contribution in [3.8, 4) is 5.75 Å². The van der Waals surface area contributed by atoms with Gasteiger partial charge in [-0.2, -0.15) is 0 Å². The first-order valence-electron chi connectivity index (χ1n) is 6.61. The third kappa shape index (κ3) is 2.85. The van der Waals surface area contributed by atoms with Gasteiger partial charge in [-0.1, -0.05) is 0 Å². The molecular weight excluding hydrogens is 260 g/mol. The van der Waals surface area contributed by atoms with Crippen LogP contribution in [0.4, 0.5) is 11.4 Å². The van der Waals surface area contributed by atoms with Gasteiger partial charge in [0.05, 0.1) is 29.4 Å². The predicted octanol–water partition coefficient (Wildman–Crippen LogP) is 2.61. The van der Waals surface area contributed by atoms with E-state index < -0.39 is 4.92 Å². The van der Waals surface area contributed by atoms with Crippen LogP contribution >= 0.6 is 0 Å². The Labute approximate surface area is 118 Å². The molecule has 110 valence electrons. The van der Waals surface area contributed by atoms with E-state index in [4.69, 9.17) is 9.47 Å². The Morgan fingerprint density at radius 1 is 1.30 bits per heavy atom. The van der Waals surface area contributed by atoms with Crippen molar-refractivity contribution < 1.29 is 14.4 Å². The van der Waals surface area contributed by atoms with Crippen molar-refractivity contribution in [1.82, 2.24) is 0 Å². The number of hydrogen-bond acceptors (Lipinski definition) is 5. The monoisotopic (exact) mass is 280 g/mol. The number of benzene rings is 1. The first-order valence-corrected chi connectivity index (χ1v) is 6.61. The molecule has 0 radical (unpaired) electrons. The lowest BCUT2D eigenvalue weighted by Crippen LogP contribution is -2.43. The van der Waals surface area contributed by atoms with E-state index in [-0.39, 0.29) is 11.3 Å². The highest BCUT2D eigenvalue weighted by atomic mass is 16.6. The van der Waals surface area contributed by atoms with Crippen molar-refractivity contribution in [2.75, 3.05) is 32.2 Å². The van der Waals surface area contributed by atoms with Gasteiger partial charge in [0.1, 0.15) is 5.75 Å². The molecule has 6 nitrogen and oxygen atoms in total. The molecule has 0 aromatic heterocycles. The summed E-state index contributed by atoms with van der Waals surface area (Å²) in [5, 5.41) is 10.8. The number of hydrogen-bond donors (Lipinski definition) is 0. The molecule has 0 saturated carbocycles. The Morgan fingerprint density at radius 2 is 1.95 bits per heavy atom. The molecule has 1 saturated heterocycles. The minimum absolute atomic E-state index is 0.0457. The summed E-state index contributed by atoms with van der Waals surface area (Å²) in [6.45, 7) is 3.80. The third-order valence-electron chi connectivity index (χ3n) is 4.03. The molecule has 20 heavy (non-hydrogen) atoms. The number of nitrogens with zero attached hydrogens (tertiary/aromatic N) is 2. The molecule has 1 aromatic carbocycles. The van der Waals surface area contributed by atoms with Crippen LogP contribution in [0.5, 0.6) is 5.75 Å². The average molecular weight is 280 g/mol. The normalized spacial score (nSPS) is 17.9. The number of piperidine rings is 1. The quantitative estimate of drug-likeness (QED) is 0.626. The molecule has 0 atom stereocenters. The standard InChI is InChI=1S/C14H20N2O4/c1-14(20-3)6-8-15(9-7-14)12-5-4-11(16(17)18)10-13(12)19-2/h4-5,10H,6-9H2,1-3H3. The van der Waals surface area contributed by atoms with Crippen LogP contribution in [0.25, 0.3) is 0 Å². The van der Waals surface area contributed by atoms with Crippen molar-refractivity contribution in [2.45, 2.75) is 25.4 Å². The SMILES string of the molecule is COc1cc([N+](=O)[O-])ccc1N1CCC(C)(OC)CC1. The van der Waals surface area contributed by atoms with Crippen molar-refractivity contribution >= 4 is 11.4 Å². The van der Waals surface area contributed by atoms with Crippen molar-refractivity contribution in [3.63, 3.8) is 0 Å². The van der Waals surface area contributed by atoms with Gasteiger partial charge in [-0.05, 0) is 25.8 Å². The molecular formula is C14H20N2O4. The lowest BCUT2D eigenvalue weighted by molar-refractivity contribution is -0.384. The van der Waals surface area contributed by atoms with Crippen LogP contribution in [0.15, 0.2) is 18.2 Å². The van der Waals surface area contributed by atoms with Gasteiger partial charge in [0, 0.05) is 26.3 Å². The van der Waals surface area contributed by atoms with Crippen molar-refractivity contribution in [3.05, 3.63) is 28.3 Å². The number of nitro groups is 1. The zero-order chi connectivity index (χ0) is 14.8. The summed E-state index contributed by atoms with van der Waals surface area (Å²) >= 11 is 0. The first-order chi connectivity index (χ1) is 9.49. The third-order valence-corrected chi connectivity index (χ3v) is 4.03. The van der Waals surface area contributed by atoms with E-state index in [1.165, 1.54) is 19.2 Å². The molecule has 1 aromatic rings. The Balaban J connectivity index is 2.19. The van der Waals surface area contributed by atoms with Gasteiger partial charge in [0.25, 0.3) is 5.69 Å². The van der Waals surface area contributed by atoms with Gasteiger partial charge in [-0.25, -0.2) is 0 Å². The number of anilines is 1. The molecule has 6 heteroatoms. The molecule has 1 aliphatic heterocycles. The Bertz CT molecular complexity index is 496. The highest BCUT2D eigenvalue weighted by Gasteiger charge is 2.31. The highest BCUT2D eigenvalue weighted by Crippen LogP contribution is 2.35. The first kappa shape index (κ1) is 14.6. The summed E-state index contributed by atoms with van der Waals surface area (Å²) in [5.41, 5.74) is 0.866. The Morgan fingerprint density at radius 3 is 2.45 bits per heavy atom. The van der Waals surface area contributed by atoms with Crippen LogP contribution < -0.4 is 9.64 Å². The second-order valence-corrected chi connectivity index (χ2v) is 5.25. The van der Waals surface area contributed by atoms with E-state index in [1.54, 1.807) is 13.2 Å². The topological polar surface area (TPSA) is 64.8 Å². The largest absolute Gasteiger partial charge is 0.494 e. The zero-order valence-corrected chi connectivity index (χ0v) is 12.1. The minimum atomic E-state index is -0.412. The maximum absolute atomic E-state index is 10.8. The fourth-order valence-electron chi connectivity index (χ4n) is 2.47. The summed E-state index contributed by atoms with van der Waals surface area (Å²) in [7, 11) is 3.27. The predicted molar refractivity (Wildman–Crippen MR) is 76.5 cm³/mol. The fourth-order valence-corrected chi connectivity index (χ4v) is 2.47. The summed E-state index contributed by atoms with van der Waals surface area (Å²) < 4.78 is 10.8. The van der Waals surface area contributed by atoms with Gasteiger partial charge in [-0.3, -0.25) is 10.1 Å². The maximum atomic E-state index is 10.8. The fraction of sp³-hybridized carbons (Fsp3) is 0.571. The van der Waals surface area contributed by atoms with E-state index in [9.17, 15) is 10.1 Å². The number of nitro benzene ring substituents is 1. The van der Waals surface area contributed by atoms with Crippen LogP contribution in [-0.2, 0) is 4.74 Å². The van der Waals surface area contributed by atoms with Gasteiger partial charge in [0.2, 0.25) is 0 Å². The molecule has 0 unspecified atom stereocenters. The van der Waals surface area contributed by atoms with E-state index in [1.807, 2.05) is 0 Å². The van der Waals surface area contributed by atoms with Crippen LogP contribution in [0.2, 0.25) is 0 Å². The molecule has 0 aliphatic carbocycles. The lowest BCUT2D eigenvalue weighted by Gasteiger charge is -2.39. The molecule has 2 rings (SSSR count). The van der Waals surface area contributed by atoms with Crippen molar-refractivity contribution in [1.29, 1.82) is 0 Å². The Hall–Kier alpha value is -1.82. The van der Waals surface area contributed by atoms with Gasteiger partial charge >= 0.3 is 0 Å². The molecule has 1 aliphatic rings. The van der Waals surface area contributed by atoms with Crippen LogP contribution in [0.1, 0.15) is 19.8 Å². The van der Waals surface area contributed by atoms with Crippen LogP contribution in [0, 0.1) is 10.1 Å². The maximum Gasteiger partial charge on any atom is 0.273 e. The van der Waals surface area contributed by atoms with Gasteiger partial charge in [0.15, 0.2) is 0 Å². The van der Waals surface area contributed by atoms with E-state index in [2.05, 4.69) is 11.8 Å². The second-order valence-electron chi connectivity index (χ2n) is 5.25. The molecule has 0 amide bonds. The molecule has 0 spiro atoms. The van der Waals surface area contributed by atoms with E-state index in [0.717, 1.165) is 31.6 Å². The summed E-state index contributed by atoms with van der Waals surface area (Å²) in [5.74, 6) is 0.542. The Kier molecular flexibility index (Phi) is 4.13. The summed E-state index contributed by atoms with van der Waals surface area (Å²) in [6.07, 6.45) is 1.84. The number of ether oxygens (including phenoxy) is 2. The number of rotatable bonds is 4. The summed E-state index contributed by atoms with van der Waals surface area (Å²) in [4.78, 5) is 12.6. The molecule has 1 fully saturated rings. The molecule has 0 N–H and O–H groups in total. The van der Waals surface area contributed by atoms with E-state index in [0.29, 0.717) is 5.75 Å². The minimum Gasteiger partial charge on any atom is -0.494 e. The van der Waals surface area contributed by atoms with E-state index >= 15 is 0 Å². The van der Waals surface area contributed by atoms with Gasteiger partial charge in [-0.15, -0.1) is 0 Å². The zero-order valence-electron chi connectivity index (χ0n) is 12.1.